The standard InChI is InChI=1S/C31H32N2O6/c1-20-6-4-5-7-23(20)19-39-24-11-8-21(9-12-24)28-27(30(35)31(36)33(28)15-16-37-3)29(34)22-10-13-26-25(18-22)32(2)14-17-38-26/h4-13,18,28,34H,14-17,19H2,1-3H3/b29-27-. The van der Waals surface area contributed by atoms with E-state index >= 15 is 0 Å². The Kier molecular flexibility index (Phi) is 7.56. The maximum Gasteiger partial charge on any atom is 0.295 e. The van der Waals surface area contributed by atoms with Crippen LogP contribution in [0.3, 0.4) is 0 Å². The smallest absolute Gasteiger partial charge is 0.295 e. The van der Waals surface area contributed by atoms with Gasteiger partial charge < -0.3 is 29.1 Å². The van der Waals surface area contributed by atoms with Crippen molar-refractivity contribution in [3.63, 3.8) is 0 Å². The van der Waals surface area contributed by atoms with Crippen LogP contribution < -0.4 is 14.4 Å². The Morgan fingerprint density at radius 3 is 2.59 bits per heavy atom. The average molecular weight is 529 g/mol. The Hall–Kier alpha value is -4.30. The number of likely N-dealkylation sites (tertiary alicyclic amines) is 1. The lowest BCUT2D eigenvalue weighted by Gasteiger charge is -2.28. The van der Waals surface area contributed by atoms with E-state index < -0.39 is 17.7 Å². The Morgan fingerprint density at radius 1 is 1.08 bits per heavy atom. The molecule has 3 aromatic rings. The highest BCUT2D eigenvalue weighted by molar-refractivity contribution is 6.46. The van der Waals surface area contributed by atoms with E-state index in [1.807, 2.05) is 67.4 Å². The molecule has 0 radical (unpaired) electrons. The van der Waals surface area contributed by atoms with Crippen LogP contribution in [0.15, 0.2) is 72.3 Å². The zero-order valence-corrected chi connectivity index (χ0v) is 22.3. The summed E-state index contributed by atoms with van der Waals surface area (Å²) in [6, 6.07) is 19.8. The fourth-order valence-corrected chi connectivity index (χ4v) is 4.98. The molecule has 1 amide bonds. The van der Waals surface area contributed by atoms with Crippen LogP contribution in [0, 0.1) is 6.92 Å². The van der Waals surface area contributed by atoms with E-state index in [1.54, 1.807) is 18.2 Å². The van der Waals surface area contributed by atoms with Crippen LogP contribution in [0.4, 0.5) is 5.69 Å². The molecule has 8 heteroatoms. The van der Waals surface area contributed by atoms with Gasteiger partial charge in [0.05, 0.1) is 30.5 Å². The number of amides is 1. The maximum absolute atomic E-state index is 13.3. The number of hydrogen-bond donors (Lipinski definition) is 1. The fourth-order valence-electron chi connectivity index (χ4n) is 4.98. The number of rotatable bonds is 8. The number of fused-ring (bicyclic) bond motifs is 1. The predicted octanol–water partition coefficient (Wildman–Crippen LogP) is 4.47. The molecule has 1 atom stereocenters. The molecule has 2 aliphatic rings. The summed E-state index contributed by atoms with van der Waals surface area (Å²) in [6.07, 6.45) is 0. The third-order valence-corrected chi connectivity index (χ3v) is 7.26. The molecule has 3 aromatic carbocycles. The second-order valence-electron chi connectivity index (χ2n) is 9.72. The van der Waals surface area contributed by atoms with Crippen molar-refractivity contribution in [3.8, 4) is 11.5 Å². The first-order valence-electron chi connectivity index (χ1n) is 12.9. The van der Waals surface area contributed by atoms with Crippen LogP contribution in [0.1, 0.15) is 28.3 Å². The van der Waals surface area contributed by atoms with Crippen LogP contribution in [0.25, 0.3) is 5.76 Å². The fraction of sp³-hybridized carbons (Fsp3) is 0.290. The number of aliphatic hydroxyl groups excluding tert-OH is 1. The molecule has 2 aliphatic heterocycles. The van der Waals surface area contributed by atoms with Gasteiger partial charge in [0.25, 0.3) is 11.7 Å². The van der Waals surface area contributed by atoms with Crippen molar-refractivity contribution in [1.82, 2.24) is 4.90 Å². The SMILES string of the molecule is COCCN1C(=O)C(=O)/C(=C(\O)c2ccc3c(c2)N(C)CCO3)C1c1ccc(OCc2ccccc2C)cc1. The largest absolute Gasteiger partial charge is 0.507 e. The van der Waals surface area contributed by atoms with Gasteiger partial charge in [-0.25, -0.2) is 0 Å². The van der Waals surface area contributed by atoms with Gasteiger partial charge in [-0.3, -0.25) is 9.59 Å². The van der Waals surface area contributed by atoms with Gasteiger partial charge >= 0.3 is 0 Å². The number of likely N-dealkylation sites (N-methyl/N-ethyl adjacent to an activating group) is 1. The van der Waals surface area contributed by atoms with E-state index in [1.165, 1.54) is 12.0 Å². The Balaban J connectivity index is 1.49. The van der Waals surface area contributed by atoms with E-state index in [4.69, 9.17) is 14.2 Å². The van der Waals surface area contributed by atoms with Crippen molar-refractivity contribution in [2.24, 2.45) is 0 Å². The number of carbonyl (C=O) groups is 2. The predicted molar refractivity (Wildman–Crippen MR) is 148 cm³/mol. The molecule has 202 valence electrons. The average Bonchev–Trinajstić information content (AvgIpc) is 3.20. The summed E-state index contributed by atoms with van der Waals surface area (Å²) in [7, 11) is 3.48. The van der Waals surface area contributed by atoms with E-state index in [9.17, 15) is 14.7 Å². The van der Waals surface area contributed by atoms with Gasteiger partial charge in [0, 0.05) is 26.3 Å². The van der Waals surface area contributed by atoms with Crippen molar-refractivity contribution < 1.29 is 28.9 Å². The summed E-state index contributed by atoms with van der Waals surface area (Å²) < 4.78 is 16.9. The minimum absolute atomic E-state index is 0.0454. The summed E-state index contributed by atoms with van der Waals surface area (Å²) >= 11 is 0. The number of ether oxygens (including phenoxy) is 3. The van der Waals surface area contributed by atoms with Gasteiger partial charge in [-0.15, -0.1) is 0 Å². The van der Waals surface area contributed by atoms with E-state index in [-0.39, 0.29) is 24.5 Å². The van der Waals surface area contributed by atoms with Crippen molar-refractivity contribution in [3.05, 3.63) is 94.6 Å². The molecule has 5 rings (SSSR count). The van der Waals surface area contributed by atoms with Gasteiger partial charge in [0.15, 0.2) is 0 Å². The van der Waals surface area contributed by atoms with Crippen molar-refractivity contribution in [2.75, 3.05) is 45.4 Å². The third kappa shape index (κ3) is 5.20. The maximum atomic E-state index is 13.3. The topological polar surface area (TPSA) is 88.5 Å². The molecule has 8 nitrogen and oxygen atoms in total. The first-order valence-corrected chi connectivity index (χ1v) is 12.9. The molecule has 0 saturated carbocycles. The molecule has 1 saturated heterocycles. The van der Waals surface area contributed by atoms with E-state index in [0.29, 0.717) is 42.4 Å². The van der Waals surface area contributed by atoms with Crippen LogP contribution in [0.2, 0.25) is 0 Å². The number of Topliss-reactive ketones (excluding diaryl/α,β-unsaturated/α-hetero) is 1. The summed E-state index contributed by atoms with van der Waals surface area (Å²) in [6.45, 7) is 4.20. The molecule has 2 heterocycles. The lowest BCUT2D eigenvalue weighted by molar-refractivity contribution is -0.140. The first kappa shape index (κ1) is 26.3. The number of nitrogens with zero attached hydrogens (tertiary/aromatic N) is 2. The number of methoxy groups -OCH3 is 1. The zero-order valence-electron chi connectivity index (χ0n) is 22.3. The lowest BCUT2D eigenvalue weighted by atomic mass is 9.95. The number of hydrogen-bond acceptors (Lipinski definition) is 7. The van der Waals surface area contributed by atoms with Gasteiger partial charge in [-0.2, -0.15) is 0 Å². The van der Waals surface area contributed by atoms with Crippen molar-refractivity contribution in [2.45, 2.75) is 19.6 Å². The Bertz CT molecular complexity index is 1410. The van der Waals surface area contributed by atoms with E-state index in [2.05, 4.69) is 0 Å². The van der Waals surface area contributed by atoms with Gasteiger partial charge in [0.1, 0.15) is 30.5 Å². The summed E-state index contributed by atoms with van der Waals surface area (Å²) in [5, 5.41) is 11.4. The minimum atomic E-state index is -0.768. The second-order valence-corrected chi connectivity index (χ2v) is 9.72. The second kappa shape index (κ2) is 11.2. The van der Waals surface area contributed by atoms with Crippen LogP contribution in [0.5, 0.6) is 11.5 Å². The van der Waals surface area contributed by atoms with Crippen molar-refractivity contribution in [1.29, 1.82) is 0 Å². The molecule has 1 unspecified atom stereocenters. The number of benzene rings is 3. The molecule has 0 spiro atoms. The van der Waals surface area contributed by atoms with Crippen LogP contribution in [-0.2, 0) is 20.9 Å². The molecule has 1 fully saturated rings. The molecular formula is C31H32N2O6. The number of anilines is 1. The van der Waals surface area contributed by atoms with Gasteiger partial charge in [-0.05, 0) is 53.9 Å². The summed E-state index contributed by atoms with van der Waals surface area (Å²) in [5.74, 6) is -0.250. The van der Waals surface area contributed by atoms with Crippen LogP contribution >= 0.6 is 0 Å². The number of aryl methyl sites for hydroxylation is 1. The zero-order chi connectivity index (χ0) is 27.5. The third-order valence-electron chi connectivity index (χ3n) is 7.26. The van der Waals surface area contributed by atoms with Crippen molar-refractivity contribution >= 4 is 23.1 Å². The normalized spacial score (nSPS) is 18.2. The molecule has 0 bridgehead atoms. The minimum Gasteiger partial charge on any atom is -0.507 e. The summed E-state index contributed by atoms with van der Waals surface area (Å²) in [4.78, 5) is 29.9. The van der Waals surface area contributed by atoms with Crippen LogP contribution in [-0.4, -0.2) is 62.2 Å². The molecular weight excluding hydrogens is 496 g/mol. The van der Waals surface area contributed by atoms with Gasteiger partial charge in [-0.1, -0.05) is 36.4 Å². The number of carbonyl (C=O) groups excluding carboxylic acids is 2. The highest BCUT2D eigenvalue weighted by Crippen LogP contribution is 2.41. The quantitative estimate of drug-likeness (QED) is 0.262. The monoisotopic (exact) mass is 528 g/mol. The lowest BCUT2D eigenvalue weighted by Crippen LogP contribution is -2.32. The molecule has 39 heavy (non-hydrogen) atoms. The molecule has 1 N–H and O–H groups in total. The Labute approximate surface area is 228 Å². The molecule has 0 aromatic heterocycles. The van der Waals surface area contributed by atoms with Gasteiger partial charge in [0.2, 0.25) is 0 Å². The highest BCUT2D eigenvalue weighted by atomic mass is 16.5. The summed E-state index contributed by atoms with van der Waals surface area (Å²) in [5.41, 5.74) is 4.23. The molecule has 0 aliphatic carbocycles. The van der Waals surface area contributed by atoms with E-state index in [0.717, 1.165) is 16.8 Å². The number of ketones is 1. The number of aliphatic hydroxyl groups is 1. The highest BCUT2D eigenvalue weighted by Gasteiger charge is 2.46. The first-order chi connectivity index (χ1) is 18.9. The Morgan fingerprint density at radius 2 is 1.85 bits per heavy atom.